The van der Waals surface area contributed by atoms with Crippen molar-refractivity contribution < 1.29 is 15.0 Å². The highest BCUT2D eigenvalue weighted by atomic mass is 16.3. The number of rotatable bonds is 2. The molecule has 1 rings (SSSR count). The van der Waals surface area contributed by atoms with Crippen LogP contribution in [-0.2, 0) is 4.79 Å². The standard InChI is InChI=1S/C12H18O3/c1-9(13)4-6-12(15)7-5-10(14)8-11(12,2)3/h4-7,9,13,15H,8H2,1-3H3/b6-4+/t9-,12+/m1/s1. The zero-order valence-electron chi connectivity index (χ0n) is 9.40. The Balaban J connectivity index is 3.00. The molecule has 3 nitrogen and oxygen atoms in total. The van der Waals surface area contributed by atoms with E-state index >= 15 is 0 Å². The molecule has 0 bridgehead atoms. The molecule has 1 aliphatic carbocycles. The summed E-state index contributed by atoms with van der Waals surface area (Å²) >= 11 is 0. The summed E-state index contributed by atoms with van der Waals surface area (Å²) in [5.74, 6) is 0.0233. The van der Waals surface area contributed by atoms with E-state index in [9.17, 15) is 9.90 Å². The number of carbonyl (C=O) groups is 1. The van der Waals surface area contributed by atoms with E-state index in [0.717, 1.165) is 0 Å². The summed E-state index contributed by atoms with van der Waals surface area (Å²) in [4.78, 5) is 11.2. The van der Waals surface area contributed by atoms with Crippen LogP contribution >= 0.6 is 0 Å². The largest absolute Gasteiger partial charge is 0.389 e. The number of allylic oxidation sites excluding steroid dienone is 1. The first kappa shape index (κ1) is 12.1. The molecule has 0 unspecified atom stereocenters. The van der Waals surface area contributed by atoms with Crippen LogP contribution in [0.25, 0.3) is 0 Å². The van der Waals surface area contributed by atoms with E-state index in [4.69, 9.17) is 5.11 Å². The monoisotopic (exact) mass is 210 g/mol. The lowest BCUT2D eigenvalue weighted by molar-refractivity contribution is -0.120. The molecule has 0 aromatic heterocycles. The van der Waals surface area contributed by atoms with Crippen molar-refractivity contribution in [2.24, 2.45) is 5.41 Å². The van der Waals surface area contributed by atoms with Crippen LogP contribution in [0.15, 0.2) is 24.3 Å². The molecule has 0 amide bonds. The van der Waals surface area contributed by atoms with E-state index in [1.165, 1.54) is 18.2 Å². The Morgan fingerprint density at radius 2 is 2.13 bits per heavy atom. The summed E-state index contributed by atoms with van der Waals surface area (Å²) in [6, 6.07) is 0. The third-order valence-electron chi connectivity index (χ3n) is 2.85. The lowest BCUT2D eigenvalue weighted by Crippen LogP contribution is -2.45. The average molecular weight is 210 g/mol. The molecule has 0 heterocycles. The zero-order chi connectivity index (χ0) is 11.7. The second kappa shape index (κ2) is 3.91. The minimum atomic E-state index is -1.15. The van der Waals surface area contributed by atoms with Gasteiger partial charge in [-0.2, -0.15) is 0 Å². The molecule has 2 atom stereocenters. The molecule has 2 N–H and O–H groups in total. The predicted molar refractivity (Wildman–Crippen MR) is 58.3 cm³/mol. The Kier molecular flexibility index (Phi) is 3.16. The molecule has 0 saturated heterocycles. The zero-order valence-corrected chi connectivity index (χ0v) is 9.40. The molecule has 0 saturated carbocycles. The van der Waals surface area contributed by atoms with Gasteiger partial charge in [-0.25, -0.2) is 0 Å². The number of aliphatic hydroxyl groups is 2. The van der Waals surface area contributed by atoms with Gasteiger partial charge >= 0.3 is 0 Å². The van der Waals surface area contributed by atoms with E-state index in [2.05, 4.69) is 0 Å². The van der Waals surface area contributed by atoms with Crippen molar-refractivity contribution in [3.05, 3.63) is 24.3 Å². The fourth-order valence-corrected chi connectivity index (χ4v) is 1.65. The summed E-state index contributed by atoms with van der Waals surface area (Å²) in [6.45, 7) is 5.28. The molecular formula is C12H18O3. The highest BCUT2D eigenvalue weighted by Gasteiger charge is 2.43. The molecule has 3 heteroatoms. The van der Waals surface area contributed by atoms with Gasteiger partial charge in [-0.15, -0.1) is 0 Å². The topological polar surface area (TPSA) is 57.5 Å². The number of hydrogen-bond donors (Lipinski definition) is 2. The van der Waals surface area contributed by atoms with E-state index < -0.39 is 17.1 Å². The maximum Gasteiger partial charge on any atom is 0.156 e. The molecular weight excluding hydrogens is 192 g/mol. The molecule has 0 aromatic rings. The van der Waals surface area contributed by atoms with Gasteiger partial charge in [0.05, 0.1) is 6.10 Å². The molecule has 84 valence electrons. The normalized spacial score (nSPS) is 32.2. The quantitative estimate of drug-likeness (QED) is 0.673. The Morgan fingerprint density at radius 1 is 1.53 bits per heavy atom. The first-order valence-corrected chi connectivity index (χ1v) is 5.09. The Morgan fingerprint density at radius 3 is 2.60 bits per heavy atom. The fourth-order valence-electron chi connectivity index (χ4n) is 1.65. The first-order chi connectivity index (χ1) is 6.77. The van der Waals surface area contributed by atoms with E-state index in [0.29, 0.717) is 6.42 Å². The van der Waals surface area contributed by atoms with Gasteiger partial charge in [0.1, 0.15) is 5.60 Å². The smallest absolute Gasteiger partial charge is 0.156 e. The maximum atomic E-state index is 11.2. The minimum absolute atomic E-state index is 0.0233. The first-order valence-electron chi connectivity index (χ1n) is 5.09. The molecule has 0 aliphatic heterocycles. The van der Waals surface area contributed by atoms with Crippen molar-refractivity contribution in [2.45, 2.75) is 38.9 Å². The van der Waals surface area contributed by atoms with Crippen molar-refractivity contribution in [3.63, 3.8) is 0 Å². The van der Waals surface area contributed by atoms with Gasteiger partial charge in [0.25, 0.3) is 0 Å². The van der Waals surface area contributed by atoms with Gasteiger partial charge in [-0.3, -0.25) is 4.79 Å². The van der Waals surface area contributed by atoms with Crippen LogP contribution in [0.1, 0.15) is 27.2 Å². The number of hydrogen-bond acceptors (Lipinski definition) is 3. The van der Waals surface area contributed by atoms with Crippen LogP contribution < -0.4 is 0 Å². The molecule has 1 aliphatic rings. The number of aliphatic hydroxyl groups excluding tert-OH is 1. The highest BCUT2D eigenvalue weighted by molar-refractivity contribution is 5.91. The van der Waals surface area contributed by atoms with Crippen molar-refractivity contribution in [1.82, 2.24) is 0 Å². The van der Waals surface area contributed by atoms with Crippen molar-refractivity contribution in [1.29, 1.82) is 0 Å². The molecule has 0 spiro atoms. The second-order valence-electron chi connectivity index (χ2n) is 4.79. The summed E-state index contributed by atoms with van der Waals surface area (Å²) in [6.07, 6.45) is 5.69. The molecule has 0 radical (unpaired) electrons. The van der Waals surface area contributed by atoms with E-state index in [-0.39, 0.29) is 5.78 Å². The van der Waals surface area contributed by atoms with Crippen molar-refractivity contribution in [2.75, 3.05) is 0 Å². The predicted octanol–water partition coefficient (Wildman–Crippen LogP) is 1.21. The second-order valence-corrected chi connectivity index (χ2v) is 4.79. The summed E-state index contributed by atoms with van der Waals surface area (Å²) in [7, 11) is 0. The van der Waals surface area contributed by atoms with Gasteiger partial charge in [0, 0.05) is 11.8 Å². The van der Waals surface area contributed by atoms with Crippen LogP contribution in [0.5, 0.6) is 0 Å². The summed E-state index contributed by atoms with van der Waals surface area (Å²) < 4.78 is 0. The minimum Gasteiger partial charge on any atom is -0.389 e. The van der Waals surface area contributed by atoms with Gasteiger partial charge in [-0.05, 0) is 19.1 Å². The Labute approximate surface area is 90.1 Å². The van der Waals surface area contributed by atoms with E-state index in [1.54, 1.807) is 13.0 Å². The molecule has 15 heavy (non-hydrogen) atoms. The van der Waals surface area contributed by atoms with Crippen LogP contribution in [0.3, 0.4) is 0 Å². The third kappa shape index (κ3) is 2.55. The van der Waals surface area contributed by atoms with E-state index in [1.807, 2.05) is 13.8 Å². The maximum absolute atomic E-state index is 11.2. The van der Waals surface area contributed by atoms with Crippen molar-refractivity contribution in [3.8, 4) is 0 Å². The average Bonchev–Trinajstić information content (AvgIpc) is 2.08. The van der Waals surface area contributed by atoms with Crippen molar-refractivity contribution >= 4 is 5.78 Å². The highest BCUT2D eigenvalue weighted by Crippen LogP contribution is 2.39. The lowest BCUT2D eigenvalue weighted by Gasteiger charge is -2.40. The van der Waals surface area contributed by atoms with Crippen LogP contribution in [0, 0.1) is 5.41 Å². The number of carbonyl (C=O) groups excluding carboxylic acids is 1. The van der Waals surface area contributed by atoms with Gasteiger partial charge in [0.2, 0.25) is 0 Å². The number of ketones is 1. The van der Waals surface area contributed by atoms with Gasteiger partial charge in [0.15, 0.2) is 5.78 Å². The van der Waals surface area contributed by atoms with Crippen LogP contribution in [0.2, 0.25) is 0 Å². The van der Waals surface area contributed by atoms with Gasteiger partial charge < -0.3 is 10.2 Å². The molecule has 0 fully saturated rings. The summed E-state index contributed by atoms with van der Waals surface area (Å²) in [5.41, 5.74) is -1.69. The van der Waals surface area contributed by atoms with Crippen LogP contribution in [0.4, 0.5) is 0 Å². The lowest BCUT2D eigenvalue weighted by atomic mass is 9.68. The molecule has 0 aromatic carbocycles. The van der Waals surface area contributed by atoms with Crippen LogP contribution in [-0.4, -0.2) is 27.7 Å². The third-order valence-corrected chi connectivity index (χ3v) is 2.85. The van der Waals surface area contributed by atoms with Gasteiger partial charge in [-0.1, -0.05) is 26.0 Å². The Hall–Kier alpha value is -0.930. The Bertz CT molecular complexity index is 313. The fraction of sp³-hybridized carbons (Fsp3) is 0.583. The SMILES string of the molecule is C[C@@H](O)/C=C/[C@]1(O)C=CC(=O)CC1(C)C. The summed E-state index contributed by atoms with van der Waals surface area (Å²) in [5, 5.41) is 19.5.